The summed E-state index contributed by atoms with van der Waals surface area (Å²) < 4.78 is 0. The van der Waals surface area contributed by atoms with Gasteiger partial charge < -0.3 is 21.1 Å². The summed E-state index contributed by atoms with van der Waals surface area (Å²) in [4.78, 5) is 42.2. The van der Waals surface area contributed by atoms with E-state index in [2.05, 4.69) is 10.2 Å². The Bertz CT molecular complexity index is 844. The van der Waals surface area contributed by atoms with Crippen molar-refractivity contribution in [3.63, 3.8) is 0 Å². The molecule has 1 aliphatic carbocycles. The molecule has 0 radical (unpaired) electrons. The van der Waals surface area contributed by atoms with E-state index in [1.807, 2.05) is 4.90 Å². The standard InChI is InChI=1S/C25H36N4O4/c26-15-17-4-6-18(7-5-17)24(31)29-16-21(28-12-2-1-3-13-28)14-22(29)23(30)27-20-10-8-19(9-11-20)25(32)33/h8-11,17-18,21-22H,1-7,12-16,26H2,(H,27,30)(H,32,33)/t17-,18-,21?,22-/m0/s1. The molecule has 1 aromatic carbocycles. The van der Waals surface area contributed by atoms with E-state index in [9.17, 15) is 14.4 Å². The lowest BCUT2D eigenvalue weighted by Crippen LogP contribution is -2.47. The Hall–Kier alpha value is -2.45. The average molecular weight is 457 g/mol. The van der Waals surface area contributed by atoms with Crippen LogP contribution in [-0.2, 0) is 9.59 Å². The van der Waals surface area contributed by atoms with E-state index in [0.717, 1.165) is 38.8 Å². The summed E-state index contributed by atoms with van der Waals surface area (Å²) in [5.41, 5.74) is 6.54. The van der Waals surface area contributed by atoms with Crippen LogP contribution in [0.1, 0.15) is 61.7 Å². The van der Waals surface area contributed by atoms with Gasteiger partial charge in [-0.25, -0.2) is 4.79 Å². The molecule has 3 fully saturated rings. The maximum absolute atomic E-state index is 13.5. The summed E-state index contributed by atoms with van der Waals surface area (Å²) in [5.74, 6) is -0.623. The van der Waals surface area contributed by atoms with Gasteiger partial charge in [0.25, 0.3) is 0 Å². The average Bonchev–Trinajstić information content (AvgIpc) is 3.30. The van der Waals surface area contributed by atoms with Crippen LogP contribution in [0, 0.1) is 11.8 Å². The third-order valence-corrected chi connectivity index (χ3v) is 7.70. The van der Waals surface area contributed by atoms with Gasteiger partial charge in [-0.2, -0.15) is 0 Å². The fourth-order valence-electron chi connectivity index (χ4n) is 5.66. The number of carboxylic acid groups (broad SMARTS) is 1. The number of amides is 2. The molecule has 4 N–H and O–H groups in total. The van der Waals surface area contributed by atoms with Crippen LogP contribution in [-0.4, -0.2) is 71.0 Å². The molecule has 2 atom stereocenters. The number of nitrogens with one attached hydrogen (secondary N) is 1. The number of aromatic carboxylic acids is 1. The Morgan fingerprint density at radius 2 is 1.67 bits per heavy atom. The van der Waals surface area contributed by atoms with E-state index in [1.165, 1.54) is 31.4 Å². The van der Waals surface area contributed by atoms with Gasteiger partial charge in [0.1, 0.15) is 6.04 Å². The molecule has 2 aliphatic heterocycles. The van der Waals surface area contributed by atoms with Crippen LogP contribution in [0.25, 0.3) is 0 Å². The fourth-order valence-corrected chi connectivity index (χ4v) is 5.66. The maximum Gasteiger partial charge on any atom is 0.335 e. The van der Waals surface area contributed by atoms with Crippen LogP contribution < -0.4 is 11.1 Å². The molecular weight excluding hydrogens is 420 g/mol. The highest BCUT2D eigenvalue weighted by molar-refractivity contribution is 5.98. The lowest BCUT2D eigenvalue weighted by atomic mass is 9.81. The molecule has 2 amide bonds. The maximum atomic E-state index is 13.5. The summed E-state index contributed by atoms with van der Waals surface area (Å²) in [6.07, 6.45) is 7.86. The van der Waals surface area contributed by atoms with Crippen molar-refractivity contribution in [2.24, 2.45) is 17.6 Å². The van der Waals surface area contributed by atoms with E-state index < -0.39 is 12.0 Å². The van der Waals surface area contributed by atoms with Crippen LogP contribution in [0.3, 0.4) is 0 Å². The smallest absolute Gasteiger partial charge is 0.335 e. The Kier molecular flexibility index (Phi) is 7.65. The van der Waals surface area contributed by atoms with Crippen LogP contribution in [0.15, 0.2) is 24.3 Å². The first-order chi connectivity index (χ1) is 16.0. The van der Waals surface area contributed by atoms with E-state index in [0.29, 0.717) is 31.1 Å². The normalized spacial score (nSPS) is 28.5. The number of hydrogen-bond acceptors (Lipinski definition) is 5. The highest BCUT2D eigenvalue weighted by Crippen LogP contribution is 2.33. The number of carbonyl (C=O) groups is 3. The van der Waals surface area contributed by atoms with Crippen molar-refractivity contribution >= 4 is 23.5 Å². The van der Waals surface area contributed by atoms with Gasteiger partial charge in [-0.3, -0.25) is 14.5 Å². The molecule has 1 aromatic rings. The molecule has 180 valence electrons. The van der Waals surface area contributed by atoms with Crippen molar-refractivity contribution in [3.8, 4) is 0 Å². The monoisotopic (exact) mass is 456 g/mol. The molecular formula is C25H36N4O4. The first-order valence-corrected chi connectivity index (χ1v) is 12.3. The van der Waals surface area contributed by atoms with Gasteiger partial charge in [-0.05, 0) is 94.8 Å². The largest absolute Gasteiger partial charge is 0.478 e. The Morgan fingerprint density at radius 3 is 2.27 bits per heavy atom. The number of carboxylic acids is 1. The minimum atomic E-state index is -1.01. The number of nitrogens with two attached hydrogens (primary N) is 1. The Morgan fingerprint density at radius 1 is 1.00 bits per heavy atom. The van der Waals surface area contributed by atoms with Crippen LogP contribution in [0.5, 0.6) is 0 Å². The molecule has 0 bridgehead atoms. The van der Waals surface area contributed by atoms with Crippen molar-refractivity contribution in [2.45, 2.75) is 63.5 Å². The van der Waals surface area contributed by atoms with E-state index in [4.69, 9.17) is 10.8 Å². The summed E-state index contributed by atoms with van der Waals surface area (Å²) in [5, 5.41) is 12.0. The van der Waals surface area contributed by atoms with E-state index >= 15 is 0 Å². The molecule has 8 nitrogen and oxygen atoms in total. The second-order valence-electron chi connectivity index (χ2n) is 9.82. The summed E-state index contributed by atoms with van der Waals surface area (Å²) in [7, 11) is 0. The van der Waals surface area contributed by atoms with Gasteiger partial charge in [0.05, 0.1) is 5.56 Å². The molecule has 2 saturated heterocycles. The quantitative estimate of drug-likeness (QED) is 0.606. The molecule has 3 aliphatic rings. The minimum absolute atomic E-state index is 0.0296. The molecule has 1 saturated carbocycles. The third kappa shape index (κ3) is 5.55. The molecule has 1 unspecified atom stereocenters. The molecule has 2 heterocycles. The zero-order chi connectivity index (χ0) is 23.4. The SMILES string of the molecule is NC[C@H]1CC[C@H](C(=O)N2CC(N3CCCCC3)C[C@H]2C(=O)Nc2ccc(C(=O)O)cc2)CC1. The van der Waals surface area contributed by atoms with Gasteiger partial charge in [0, 0.05) is 24.2 Å². The zero-order valence-electron chi connectivity index (χ0n) is 19.2. The molecule has 33 heavy (non-hydrogen) atoms. The van der Waals surface area contributed by atoms with Gasteiger partial charge in [0.15, 0.2) is 0 Å². The minimum Gasteiger partial charge on any atom is -0.478 e. The van der Waals surface area contributed by atoms with Gasteiger partial charge in [-0.15, -0.1) is 0 Å². The summed E-state index contributed by atoms with van der Waals surface area (Å²) in [6.45, 7) is 3.33. The molecule has 0 spiro atoms. The second kappa shape index (κ2) is 10.7. The van der Waals surface area contributed by atoms with E-state index in [-0.39, 0.29) is 29.3 Å². The van der Waals surface area contributed by atoms with Gasteiger partial charge in [0.2, 0.25) is 11.8 Å². The number of anilines is 1. The lowest BCUT2D eigenvalue weighted by Gasteiger charge is -2.33. The number of hydrogen-bond donors (Lipinski definition) is 3. The summed E-state index contributed by atoms with van der Waals surface area (Å²) in [6, 6.07) is 5.84. The van der Waals surface area contributed by atoms with Crippen molar-refractivity contribution < 1.29 is 19.5 Å². The van der Waals surface area contributed by atoms with Crippen LogP contribution in [0.4, 0.5) is 5.69 Å². The molecule has 8 heteroatoms. The number of rotatable bonds is 6. The number of piperidine rings is 1. The number of likely N-dealkylation sites (tertiary alicyclic amines) is 2. The number of benzene rings is 1. The third-order valence-electron chi connectivity index (χ3n) is 7.70. The van der Waals surface area contributed by atoms with Crippen molar-refractivity contribution in [3.05, 3.63) is 29.8 Å². The van der Waals surface area contributed by atoms with Crippen LogP contribution in [0.2, 0.25) is 0 Å². The summed E-state index contributed by atoms with van der Waals surface area (Å²) >= 11 is 0. The molecule has 0 aromatic heterocycles. The van der Waals surface area contributed by atoms with Crippen molar-refractivity contribution in [1.29, 1.82) is 0 Å². The topological polar surface area (TPSA) is 116 Å². The second-order valence-corrected chi connectivity index (χ2v) is 9.82. The van der Waals surface area contributed by atoms with Crippen LogP contribution >= 0.6 is 0 Å². The predicted molar refractivity (Wildman–Crippen MR) is 126 cm³/mol. The predicted octanol–water partition coefficient (Wildman–Crippen LogP) is 2.54. The van der Waals surface area contributed by atoms with Crippen molar-refractivity contribution in [2.75, 3.05) is 31.5 Å². The first-order valence-electron chi connectivity index (χ1n) is 12.3. The highest BCUT2D eigenvalue weighted by atomic mass is 16.4. The fraction of sp³-hybridized carbons (Fsp3) is 0.640. The van der Waals surface area contributed by atoms with Crippen molar-refractivity contribution in [1.82, 2.24) is 9.80 Å². The first kappa shape index (κ1) is 23.7. The van der Waals surface area contributed by atoms with E-state index in [1.54, 1.807) is 12.1 Å². The van der Waals surface area contributed by atoms with Gasteiger partial charge >= 0.3 is 5.97 Å². The number of nitrogens with zero attached hydrogens (tertiary/aromatic N) is 2. The highest BCUT2D eigenvalue weighted by Gasteiger charge is 2.44. The Labute approximate surface area is 195 Å². The number of carbonyl (C=O) groups excluding carboxylic acids is 2. The lowest BCUT2D eigenvalue weighted by molar-refractivity contribution is -0.141. The zero-order valence-corrected chi connectivity index (χ0v) is 19.2. The van der Waals surface area contributed by atoms with Gasteiger partial charge in [-0.1, -0.05) is 6.42 Å². The molecule has 4 rings (SSSR count). The Balaban J connectivity index is 1.47.